The largest absolute Gasteiger partial charge is 0.311 e. The summed E-state index contributed by atoms with van der Waals surface area (Å²) in [4.78, 5) is 18.0. The van der Waals surface area contributed by atoms with Crippen LogP contribution in [0, 0.1) is 0 Å². The second-order valence-electron chi connectivity index (χ2n) is 4.88. The van der Waals surface area contributed by atoms with Gasteiger partial charge in [-0.05, 0) is 42.5 Å². The number of anilines is 1. The van der Waals surface area contributed by atoms with Gasteiger partial charge in [0.05, 0.1) is 5.69 Å². The highest BCUT2D eigenvalue weighted by Crippen LogP contribution is 2.25. The predicted octanol–water partition coefficient (Wildman–Crippen LogP) is 3.85. The van der Waals surface area contributed by atoms with Gasteiger partial charge in [0.2, 0.25) is 0 Å². The molecule has 3 rings (SSSR count). The van der Waals surface area contributed by atoms with Crippen molar-refractivity contribution in [2.45, 2.75) is 0 Å². The molecule has 0 saturated carbocycles. The van der Waals surface area contributed by atoms with Crippen molar-refractivity contribution in [1.82, 2.24) is 14.8 Å². The molecule has 5 nitrogen and oxygen atoms in total. The fourth-order valence-corrected chi connectivity index (χ4v) is 2.66. The quantitative estimate of drug-likeness (QED) is 0.723. The summed E-state index contributed by atoms with van der Waals surface area (Å²) in [6.45, 7) is 0. The Morgan fingerprint density at radius 1 is 1.09 bits per heavy atom. The maximum atomic E-state index is 12.6. The lowest BCUT2D eigenvalue weighted by atomic mass is 10.1. The van der Waals surface area contributed by atoms with Gasteiger partial charge in [0.25, 0.3) is 5.91 Å². The molecule has 0 atom stereocenters. The fourth-order valence-electron chi connectivity index (χ4n) is 2.14. The van der Waals surface area contributed by atoms with Crippen molar-refractivity contribution in [2.24, 2.45) is 0 Å². The summed E-state index contributed by atoms with van der Waals surface area (Å²) in [6.07, 6.45) is 3.05. The maximum Gasteiger partial charge on any atom is 0.258 e. The first kappa shape index (κ1) is 15.5. The van der Waals surface area contributed by atoms with E-state index in [0.717, 1.165) is 5.69 Å². The summed E-state index contributed by atoms with van der Waals surface area (Å²) < 4.78 is 1.62. The van der Waals surface area contributed by atoms with Crippen molar-refractivity contribution < 1.29 is 4.79 Å². The van der Waals surface area contributed by atoms with E-state index >= 15 is 0 Å². The zero-order chi connectivity index (χ0) is 16.4. The number of aromatic nitrogens is 3. The zero-order valence-electron chi connectivity index (χ0n) is 12.1. The average Bonchev–Trinajstić information content (AvgIpc) is 3.07. The van der Waals surface area contributed by atoms with E-state index in [9.17, 15) is 4.79 Å². The Morgan fingerprint density at radius 2 is 1.74 bits per heavy atom. The molecule has 1 aromatic heterocycles. The minimum Gasteiger partial charge on any atom is -0.311 e. The number of hydrogen-bond donors (Lipinski definition) is 0. The highest BCUT2D eigenvalue weighted by atomic mass is 35.5. The number of carbonyl (C=O) groups is 1. The monoisotopic (exact) mass is 346 g/mol. The molecule has 0 N–H and O–H groups in total. The van der Waals surface area contributed by atoms with E-state index < -0.39 is 0 Å². The summed E-state index contributed by atoms with van der Waals surface area (Å²) in [7, 11) is 1.68. The fraction of sp³-hybridized carbons (Fsp3) is 0.0625. The van der Waals surface area contributed by atoms with Crippen LogP contribution in [0.3, 0.4) is 0 Å². The van der Waals surface area contributed by atoms with Crippen LogP contribution in [0.5, 0.6) is 0 Å². The Balaban J connectivity index is 1.84. The lowest BCUT2D eigenvalue weighted by molar-refractivity contribution is 0.0993. The predicted molar refractivity (Wildman–Crippen MR) is 90.6 cm³/mol. The average molecular weight is 347 g/mol. The highest BCUT2D eigenvalue weighted by Gasteiger charge is 2.14. The van der Waals surface area contributed by atoms with Gasteiger partial charge in [-0.3, -0.25) is 4.79 Å². The molecule has 7 heteroatoms. The first-order chi connectivity index (χ1) is 11.0. The second-order valence-corrected chi connectivity index (χ2v) is 5.75. The van der Waals surface area contributed by atoms with E-state index in [0.29, 0.717) is 21.3 Å². The van der Waals surface area contributed by atoms with E-state index in [4.69, 9.17) is 23.2 Å². The van der Waals surface area contributed by atoms with Gasteiger partial charge >= 0.3 is 0 Å². The van der Waals surface area contributed by atoms with Crippen LogP contribution >= 0.6 is 23.2 Å². The van der Waals surface area contributed by atoms with E-state index in [1.54, 1.807) is 60.5 Å². The summed E-state index contributed by atoms with van der Waals surface area (Å²) in [5, 5.41) is 5.00. The van der Waals surface area contributed by atoms with Crippen LogP contribution in [0.1, 0.15) is 10.4 Å². The summed E-state index contributed by atoms with van der Waals surface area (Å²) >= 11 is 12.0. The van der Waals surface area contributed by atoms with Crippen LogP contribution in [-0.4, -0.2) is 27.7 Å². The van der Waals surface area contributed by atoms with Gasteiger partial charge in [-0.25, -0.2) is 9.67 Å². The van der Waals surface area contributed by atoms with Crippen LogP contribution < -0.4 is 4.90 Å². The number of carbonyl (C=O) groups excluding carboxylic acids is 1. The summed E-state index contributed by atoms with van der Waals surface area (Å²) in [5.41, 5.74) is 2.01. The number of halogens is 2. The van der Waals surface area contributed by atoms with Gasteiger partial charge in [0, 0.05) is 28.3 Å². The Bertz CT molecular complexity index is 812. The Kier molecular flexibility index (Phi) is 4.32. The van der Waals surface area contributed by atoms with Crippen LogP contribution in [0.25, 0.3) is 5.69 Å². The molecule has 1 heterocycles. The molecule has 1 amide bonds. The molecule has 0 aliphatic rings. The molecule has 0 unspecified atom stereocenters. The summed E-state index contributed by atoms with van der Waals surface area (Å²) in [6, 6.07) is 12.1. The Labute approximate surface area is 143 Å². The van der Waals surface area contributed by atoms with Crippen LogP contribution in [0.2, 0.25) is 10.0 Å². The lowest BCUT2D eigenvalue weighted by Crippen LogP contribution is -2.26. The number of rotatable bonds is 3. The first-order valence-electron chi connectivity index (χ1n) is 6.74. The van der Waals surface area contributed by atoms with Crippen molar-refractivity contribution in [3.8, 4) is 5.69 Å². The number of hydrogen-bond acceptors (Lipinski definition) is 3. The molecule has 0 saturated heterocycles. The van der Waals surface area contributed by atoms with E-state index in [1.165, 1.54) is 11.2 Å². The Morgan fingerprint density at radius 3 is 2.30 bits per heavy atom. The molecular formula is C16H12Cl2N4O. The molecule has 116 valence electrons. The first-order valence-corrected chi connectivity index (χ1v) is 7.49. The van der Waals surface area contributed by atoms with Crippen LogP contribution in [-0.2, 0) is 0 Å². The van der Waals surface area contributed by atoms with E-state index in [2.05, 4.69) is 10.1 Å². The number of nitrogens with zero attached hydrogens (tertiary/aromatic N) is 4. The smallest absolute Gasteiger partial charge is 0.258 e. The number of benzene rings is 2. The van der Waals surface area contributed by atoms with Crippen molar-refractivity contribution in [2.75, 3.05) is 11.9 Å². The molecule has 0 aliphatic carbocycles. The topological polar surface area (TPSA) is 51.0 Å². The third-order valence-electron chi connectivity index (χ3n) is 3.34. The number of amides is 1. The van der Waals surface area contributed by atoms with Gasteiger partial charge < -0.3 is 4.90 Å². The maximum absolute atomic E-state index is 12.6. The van der Waals surface area contributed by atoms with Crippen molar-refractivity contribution in [1.29, 1.82) is 0 Å². The molecule has 0 fully saturated rings. The van der Waals surface area contributed by atoms with E-state index in [-0.39, 0.29) is 5.91 Å². The SMILES string of the molecule is CN(C(=O)c1ccc(-n2cncn2)cc1)c1cc(Cl)cc(Cl)c1. The van der Waals surface area contributed by atoms with Gasteiger partial charge in [0.15, 0.2) is 0 Å². The highest BCUT2D eigenvalue weighted by molar-refractivity contribution is 6.35. The third kappa shape index (κ3) is 3.36. The van der Waals surface area contributed by atoms with E-state index in [1.807, 2.05) is 0 Å². The molecule has 2 aromatic carbocycles. The Hall–Kier alpha value is -2.37. The molecule has 0 radical (unpaired) electrons. The van der Waals surface area contributed by atoms with Gasteiger partial charge in [0.1, 0.15) is 12.7 Å². The molecule has 0 aliphatic heterocycles. The third-order valence-corrected chi connectivity index (χ3v) is 3.77. The zero-order valence-corrected chi connectivity index (χ0v) is 13.7. The summed E-state index contributed by atoms with van der Waals surface area (Å²) in [5.74, 6) is -0.159. The molecule has 0 spiro atoms. The molecule has 23 heavy (non-hydrogen) atoms. The van der Waals surface area contributed by atoms with Crippen LogP contribution in [0.15, 0.2) is 55.1 Å². The van der Waals surface area contributed by atoms with Gasteiger partial charge in [-0.1, -0.05) is 23.2 Å². The standard InChI is InChI=1S/C16H12Cl2N4O/c1-21(15-7-12(17)6-13(18)8-15)16(23)11-2-4-14(5-3-11)22-10-19-9-20-22/h2-10H,1H3. The van der Waals surface area contributed by atoms with Gasteiger partial charge in [-0.15, -0.1) is 0 Å². The molecule has 3 aromatic rings. The molecular weight excluding hydrogens is 335 g/mol. The van der Waals surface area contributed by atoms with Crippen molar-refractivity contribution in [3.63, 3.8) is 0 Å². The van der Waals surface area contributed by atoms with Gasteiger partial charge in [-0.2, -0.15) is 5.10 Å². The second kappa shape index (κ2) is 6.40. The lowest BCUT2D eigenvalue weighted by Gasteiger charge is -2.18. The molecule has 0 bridgehead atoms. The van der Waals surface area contributed by atoms with Crippen molar-refractivity contribution in [3.05, 3.63) is 70.7 Å². The minimum atomic E-state index is -0.159. The van der Waals surface area contributed by atoms with Crippen LogP contribution in [0.4, 0.5) is 5.69 Å². The normalized spacial score (nSPS) is 10.6. The van der Waals surface area contributed by atoms with Crippen molar-refractivity contribution >= 4 is 34.8 Å². The minimum absolute atomic E-state index is 0.159.